The lowest BCUT2D eigenvalue weighted by Gasteiger charge is -2.01. The van der Waals surface area contributed by atoms with Gasteiger partial charge in [-0.25, -0.2) is 0 Å². The van der Waals surface area contributed by atoms with Crippen LogP contribution in [-0.4, -0.2) is 17.3 Å². The van der Waals surface area contributed by atoms with Crippen LogP contribution in [-0.2, 0) is 11.3 Å². The molecule has 0 saturated heterocycles. The molecular weight excluding hydrogens is 356 g/mol. The molecule has 0 aliphatic carbocycles. The molecule has 5 nitrogen and oxygen atoms in total. The number of amides is 1. The van der Waals surface area contributed by atoms with Crippen molar-refractivity contribution in [1.82, 2.24) is 4.57 Å². The van der Waals surface area contributed by atoms with E-state index in [0.29, 0.717) is 17.1 Å². The van der Waals surface area contributed by atoms with E-state index >= 15 is 0 Å². The number of nitrogens with zero attached hydrogens (tertiary/aromatic N) is 2. The third kappa shape index (κ3) is 3.16. The van der Waals surface area contributed by atoms with Crippen LogP contribution in [0.15, 0.2) is 53.4 Å². The maximum absolute atomic E-state index is 12.2. The van der Waals surface area contributed by atoms with Crippen molar-refractivity contribution in [3.8, 4) is 11.5 Å². The molecule has 0 saturated carbocycles. The summed E-state index contributed by atoms with van der Waals surface area (Å²) in [6.45, 7) is 4.58. The third-order valence-electron chi connectivity index (χ3n) is 3.63. The third-order valence-corrected chi connectivity index (χ3v) is 5.51. The SMILES string of the molecule is C=CCn1c(=NC(=O)/C=C/c2cccs2)sc2cc3c(cc21)OCO3. The number of carbonyl (C=O) groups is 1. The summed E-state index contributed by atoms with van der Waals surface area (Å²) >= 11 is 3.02. The van der Waals surface area contributed by atoms with E-state index in [9.17, 15) is 4.79 Å². The lowest BCUT2D eigenvalue weighted by atomic mass is 10.3. The molecule has 0 N–H and O–H groups in total. The number of hydrogen-bond donors (Lipinski definition) is 0. The molecule has 0 unspecified atom stereocenters. The Morgan fingerprint density at radius 1 is 1.36 bits per heavy atom. The van der Waals surface area contributed by atoms with Gasteiger partial charge in [0.25, 0.3) is 5.91 Å². The minimum absolute atomic E-state index is 0.233. The predicted octanol–water partition coefficient (Wildman–Crippen LogP) is 3.82. The molecule has 0 bridgehead atoms. The van der Waals surface area contributed by atoms with Gasteiger partial charge in [-0.2, -0.15) is 4.99 Å². The van der Waals surface area contributed by atoms with E-state index < -0.39 is 0 Å². The Labute approximate surface area is 151 Å². The summed E-state index contributed by atoms with van der Waals surface area (Å²) in [5.41, 5.74) is 0.947. The first kappa shape index (κ1) is 15.9. The molecule has 25 heavy (non-hydrogen) atoms. The molecule has 3 heterocycles. The van der Waals surface area contributed by atoms with E-state index in [-0.39, 0.29) is 12.7 Å². The number of thiophene rings is 1. The van der Waals surface area contributed by atoms with Crippen LogP contribution in [0.2, 0.25) is 0 Å². The molecular formula is C18H14N2O3S2. The van der Waals surface area contributed by atoms with E-state index in [1.165, 1.54) is 17.4 Å². The Bertz CT molecular complexity index is 1040. The number of thiazole rings is 1. The molecule has 2 aromatic heterocycles. The molecule has 3 aromatic rings. The van der Waals surface area contributed by atoms with Crippen LogP contribution in [0.1, 0.15) is 4.88 Å². The molecule has 1 aliphatic heterocycles. The summed E-state index contributed by atoms with van der Waals surface area (Å²) in [5, 5.41) is 1.97. The van der Waals surface area contributed by atoms with Gasteiger partial charge in [0.15, 0.2) is 16.3 Å². The molecule has 1 aliphatic rings. The molecule has 1 amide bonds. The van der Waals surface area contributed by atoms with E-state index in [1.807, 2.05) is 34.2 Å². The van der Waals surface area contributed by atoms with Crippen LogP contribution in [0.3, 0.4) is 0 Å². The van der Waals surface area contributed by atoms with Gasteiger partial charge in [-0.3, -0.25) is 4.79 Å². The summed E-state index contributed by atoms with van der Waals surface area (Å²) < 4.78 is 13.8. The second-order valence-corrected chi connectivity index (χ2v) is 7.24. The minimum atomic E-state index is -0.294. The van der Waals surface area contributed by atoms with E-state index in [4.69, 9.17) is 9.47 Å². The monoisotopic (exact) mass is 370 g/mol. The fraction of sp³-hybridized carbons (Fsp3) is 0.111. The van der Waals surface area contributed by atoms with Gasteiger partial charge in [-0.15, -0.1) is 17.9 Å². The van der Waals surface area contributed by atoms with Crippen molar-refractivity contribution in [1.29, 1.82) is 0 Å². The maximum Gasteiger partial charge on any atom is 0.272 e. The fourth-order valence-electron chi connectivity index (χ4n) is 2.52. The fourth-order valence-corrected chi connectivity index (χ4v) is 4.19. The number of benzene rings is 1. The topological polar surface area (TPSA) is 52.8 Å². The lowest BCUT2D eigenvalue weighted by molar-refractivity contribution is -0.113. The number of allylic oxidation sites excluding steroid dienone is 1. The molecule has 0 fully saturated rings. The first-order valence-corrected chi connectivity index (χ1v) is 9.28. The largest absolute Gasteiger partial charge is 0.454 e. The van der Waals surface area contributed by atoms with Crippen molar-refractivity contribution in [2.24, 2.45) is 4.99 Å². The molecule has 126 valence electrons. The zero-order valence-electron chi connectivity index (χ0n) is 13.2. The standard InChI is InChI=1S/C18H14N2O3S2/c1-2-7-20-13-9-14-15(23-11-22-14)10-16(13)25-18(20)19-17(21)6-5-12-4-3-8-24-12/h2-6,8-10H,1,7,11H2/b6-5+,19-18?. The van der Waals surface area contributed by atoms with E-state index in [0.717, 1.165) is 20.8 Å². The molecule has 1 aromatic carbocycles. The van der Waals surface area contributed by atoms with Crippen LogP contribution in [0.25, 0.3) is 16.3 Å². The van der Waals surface area contributed by atoms with E-state index in [2.05, 4.69) is 11.6 Å². The number of rotatable bonds is 4. The second kappa shape index (κ2) is 6.70. The van der Waals surface area contributed by atoms with Crippen LogP contribution < -0.4 is 14.3 Å². The number of fused-ring (bicyclic) bond motifs is 2. The average Bonchev–Trinajstić information content (AvgIpc) is 3.32. The number of hydrogen-bond acceptors (Lipinski definition) is 5. The minimum Gasteiger partial charge on any atom is -0.454 e. The Hall–Kier alpha value is -2.64. The highest BCUT2D eigenvalue weighted by atomic mass is 32.1. The highest BCUT2D eigenvalue weighted by molar-refractivity contribution is 7.16. The predicted molar refractivity (Wildman–Crippen MR) is 100 cm³/mol. The quantitative estimate of drug-likeness (QED) is 0.518. The molecule has 0 atom stereocenters. The summed E-state index contributed by atoms with van der Waals surface area (Å²) in [4.78, 5) is 18.1. The summed E-state index contributed by atoms with van der Waals surface area (Å²) in [6.07, 6.45) is 5.04. The van der Waals surface area contributed by atoms with Gasteiger partial charge in [0, 0.05) is 29.6 Å². The summed E-state index contributed by atoms with van der Waals surface area (Å²) in [7, 11) is 0. The van der Waals surface area contributed by atoms with Gasteiger partial charge in [0.2, 0.25) is 6.79 Å². The van der Waals surface area contributed by atoms with Gasteiger partial charge in [0.05, 0.1) is 10.2 Å². The smallest absolute Gasteiger partial charge is 0.272 e. The average molecular weight is 370 g/mol. The van der Waals surface area contributed by atoms with Crippen LogP contribution in [0.5, 0.6) is 11.5 Å². The van der Waals surface area contributed by atoms with Gasteiger partial charge >= 0.3 is 0 Å². The van der Waals surface area contributed by atoms with Crippen molar-refractivity contribution >= 4 is 44.9 Å². The Balaban J connectivity index is 1.76. The first-order chi connectivity index (χ1) is 12.2. The molecule has 7 heteroatoms. The van der Waals surface area contributed by atoms with Crippen molar-refractivity contribution < 1.29 is 14.3 Å². The van der Waals surface area contributed by atoms with Crippen LogP contribution in [0.4, 0.5) is 0 Å². The van der Waals surface area contributed by atoms with Gasteiger partial charge in [-0.05, 0) is 17.5 Å². The number of aromatic nitrogens is 1. The molecule has 0 spiro atoms. The van der Waals surface area contributed by atoms with Gasteiger partial charge in [0.1, 0.15) is 0 Å². The maximum atomic E-state index is 12.2. The van der Waals surface area contributed by atoms with Gasteiger partial charge < -0.3 is 14.0 Å². The molecule has 4 rings (SSSR count). The van der Waals surface area contributed by atoms with Crippen molar-refractivity contribution in [2.75, 3.05) is 6.79 Å². The zero-order valence-corrected chi connectivity index (χ0v) is 14.8. The Morgan fingerprint density at radius 3 is 2.96 bits per heavy atom. The number of carbonyl (C=O) groups excluding carboxylic acids is 1. The van der Waals surface area contributed by atoms with Crippen molar-refractivity contribution in [3.63, 3.8) is 0 Å². The Kier molecular flexibility index (Phi) is 4.25. The molecule has 0 radical (unpaired) electrons. The normalized spacial score (nSPS) is 13.8. The summed E-state index contributed by atoms with van der Waals surface area (Å²) in [6, 6.07) is 7.74. The van der Waals surface area contributed by atoms with Crippen LogP contribution in [0, 0.1) is 0 Å². The highest BCUT2D eigenvalue weighted by Gasteiger charge is 2.17. The van der Waals surface area contributed by atoms with Gasteiger partial charge in [-0.1, -0.05) is 23.5 Å². The number of ether oxygens (including phenoxy) is 2. The van der Waals surface area contributed by atoms with Crippen LogP contribution >= 0.6 is 22.7 Å². The van der Waals surface area contributed by atoms with Crippen molar-refractivity contribution in [2.45, 2.75) is 6.54 Å². The Morgan fingerprint density at radius 2 is 2.20 bits per heavy atom. The zero-order chi connectivity index (χ0) is 17.2. The first-order valence-electron chi connectivity index (χ1n) is 7.59. The second-order valence-electron chi connectivity index (χ2n) is 5.26. The van der Waals surface area contributed by atoms with Crippen molar-refractivity contribution in [3.05, 3.63) is 58.1 Å². The highest BCUT2D eigenvalue weighted by Crippen LogP contribution is 2.36. The summed E-state index contributed by atoms with van der Waals surface area (Å²) in [5.74, 6) is 1.13. The lowest BCUT2D eigenvalue weighted by Crippen LogP contribution is -2.15. The van der Waals surface area contributed by atoms with E-state index in [1.54, 1.807) is 23.5 Å².